The Bertz CT molecular complexity index is 1400. The summed E-state index contributed by atoms with van der Waals surface area (Å²) < 4.78 is 42.3. The molecule has 1 aromatic carbocycles. The van der Waals surface area contributed by atoms with Gasteiger partial charge in [-0.25, -0.2) is 27.8 Å². The Labute approximate surface area is 226 Å². The molecule has 0 atom stereocenters. The van der Waals surface area contributed by atoms with Gasteiger partial charge < -0.3 is 10.2 Å². The van der Waals surface area contributed by atoms with E-state index in [1.165, 1.54) is 36.6 Å². The van der Waals surface area contributed by atoms with E-state index in [1.807, 2.05) is 12.4 Å². The third kappa shape index (κ3) is 7.16. The number of rotatable bonds is 10. The zero-order valence-electron chi connectivity index (χ0n) is 21.3. The second-order valence-electron chi connectivity index (χ2n) is 8.92. The van der Waals surface area contributed by atoms with Crippen molar-refractivity contribution in [2.24, 2.45) is 4.99 Å². The number of halogens is 1. The quantitative estimate of drug-likeness (QED) is 0.348. The largest absolute Gasteiger partial charge is 0.324 e. The average Bonchev–Trinajstić information content (AvgIpc) is 3.41. The fourth-order valence-electron chi connectivity index (χ4n) is 4.09. The first kappa shape index (κ1) is 27.7. The summed E-state index contributed by atoms with van der Waals surface area (Å²) in [6, 6.07) is 7.99. The molecule has 9 nitrogen and oxygen atoms in total. The van der Waals surface area contributed by atoms with E-state index in [-0.39, 0.29) is 23.4 Å². The van der Waals surface area contributed by atoms with Crippen LogP contribution in [0.25, 0.3) is 0 Å². The summed E-state index contributed by atoms with van der Waals surface area (Å²) in [5.74, 6) is 0.194. The number of piperidine rings is 1. The maximum absolute atomic E-state index is 13.7. The molecule has 1 saturated heterocycles. The maximum Gasteiger partial charge on any atom is 0.243 e. The molecular formula is C26H30FN7O2S2. The highest BCUT2D eigenvalue weighted by molar-refractivity contribution is 7.89. The standard InChI is InChI=1S/C26H30FN7O2S2/c1-4-20(15-19(2)27)30-25-9-12-28-26(32-25)31-21-5-7-24(8-6-21)38(35,36)34(16-22-17-37-18-29-22)23-10-13-33(3)14-11-23/h4-9,12,15,17-18,23H,1,10-11,13-14,16H2,2-3H3,(H,28,31,32). The molecule has 1 fully saturated rings. The highest BCUT2D eigenvalue weighted by Crippen LogP contribution is 2.27. The Balaban J connectivity index is 1.53. The number of anilines is 2. The summed E-state index contributed by atoms with van der Waals surface area (Å²) in [5, 5.41) is 4.94. The van der Waals surface area contributed by atoms with Crippen molar-refractivity contribution < 1.29 is 12.8 Å². The molecule has 200 valence electrons. The lowest BCUT2D eigenvalue weighted by atomic mass is 10.1. The van der Waals surface area contributed by atoms with Gasteiger partial charge in [0.05, 0.1) is 34.2 Å². The molecule has 1 aliphatic heterocycles. The van der Waals surface area contributed by atoms with Crippen LogP contribution in [0.3, 0.4) is 0 Å². The number of likely N-dealkylation sites (tertiary alicyclic amines) is 1. The van der Waals surface area contributed by atoms with E-state index in [0.29, 0.717) is 17.2 Å². The summed E-state index contributed by atoms with van der Waals surface area (Å²) in [7, 11) is -1.71. The average molecular weight is 556 g/mol. The van der Waals surface area contributed by atoms with Crippen molar-refractivity contribution in [1.82, 2.24) is 24.2 Å². The number of sulfonamides is 1. The number of thiazole rings is 1. The van der Waals surface area contributed by atoms with Crippen LogP contribution in [0.2, 0.25) is 0 Å². The Morgan fingerprint density at radius 3 is 2.63 bits per heavy atom. The highest BCUT2D eigenvalue weighted by Gasteiger charge is 2.33. The smallest absolute Gasteiger partial charge is 0.243 e. The van der Waals surface area contributed by atoms with Crippen LogP contribution in [-0.2, 0) is 16.6 Å². The number of hydrogen-bond donors (Lipinski definition) is 1. The molecular weight excluding hydrogens is 525 g/mol. The first-order valence-electron chi connectivity index (χ1n) is 12.1. The highest BCUT2D eigenvalue weighted by atomic mass is 32.2. The molecule has 3 heterocycles. The van der Waals surface area contributed by atoms with Crippen molar-refractivity contribution >= 4 is 44.5 Å². The lowest BCUT2D eigenvalue weighted by Gasteiger charge is -2.36. The molecule has 0 amide bonds. The molecule has 0 unspecified atom stereocenters. The summed E-state index contributed by atoms with van der Waals surface area (Å²) in [5.41, 5.74) is 3.40. The van der Waals surface area contributed by atoms with E-state index in [4.69, 9.17) is 0 Å². The zero-order valence-corrected chi connectivity index (χ0v) is 22.9. The molecule has 38 heavy (non-hydrogen) atoms. The van der Waals surface area contributed by atoms with Gasteiger partial charge in [0, 0.05) is 29.4 Å². The lowest BCUT2D eigenvalue weighted by molar-refractivity contribution is 0.178. The number of nitrogens with one attached hydrogen (secondary N) is 1. The van der Waals surface area contributed by atoms with Gasteiger partial charge in [0.2, 0.25) is 16.0 Å². The van der Waals surface area contributed by atoms with Crippen molar-refractivity contribution in [2.45, 2.75) is 37.2 Å². The summed E-state index contributed by atoms with van der Waals surface area (Å²) in [6.45, 7) is 6.89. The van der Waals surface area contributed by atoms with Gasteiger partial charge in [-0.15, -0.1) is 11.3 Å². The number of hydrogen-bond acceptors (Lipinski definition) is 9. The number of nitrogens with zero attached hydrogens (tertiary/aromatic N) is 6. The van der Waals surface area contributed by atoms with Crippen molar-refractivity contribution in [1.29, 1.82) is 0 Å². The maximum atomic E-state index is 13.7. The number of benzene rings is 1. The Hall–Kier alpha value is -3.32. The molecule has 0 aliphatic carbocycles. The molecule has 0 bridgehead atoms. The first-order chi connectivity index (χ1) is 18.2. The summed E-state index contributed by atoms with van der Waals surface area (Å²) in [4.78, 5) is 19.5. The van der Waals surface area contributed by atoms with Crippen LogP contribution < -0.4 is 5.32 Å². The molecule has 3 aromatic rings. The Kier molecular flexibility index (Phi) is 9.10. The van der Waals surface area contributed by atoms with E-state index in [9.17, 15) is 12.8 Å². The molecule has 0 radical (unpaired) electrons. The fraction of sp³-hybridized carbons (Fsp3) is 0.308. The second-order valence-corrected chi connectivity index (χ2v) is 11.5. The zero-order chi connectivity index (χ0) is 27.1. The molecule has 1 N–H and O–H groups in total. The van der Waals surface area contributed by atoms with Gasteiger partial charge in [0.15, 0.2) is 5.82 Å². The number of aliphatic imine (C=N–C) groups is 1. The van der Waals surface area contributed by atoms with Gasteiger partial charge in [0.1, 0.15) is 0 Å². The minimum absolute atomic E-state index is 0.0936. The molecule has 4 rings (SSSR count). The SMILES string of the molecule is C=CC(C=C(C)F)=Nc1ccnc(Nc2ccc(S(=O)(=O)N(Cc3cscn3)C3CCN(C)CC3)cc2)n1. The van der Waals surface area contributed by atoms with Crippen LogP contribution in [0, 0.1) is 0 Å². The van der Waals surface area contributed by atoms with Crippen LogP contribution in [0.4, 0.5) is 21.8 Å². The third-order valence-corrected chi connectivity index (χ3v) is 8.60. The van der Waals surface area contributed by atoms with E-state index < -0.39 is 15.9 Å². The van der Waals surface area contributed by atoms with E-state index >= 15 is 0 Å². The minimum Gasteiger partial charge on any atom is -0.324 e. The van der Waals surface area contributed by atoms with Crippen LogP contribution in [0.15, 0.2) is 81.9 Å². The van der Waals surface area contributed by atoms with E-state index in [0.717, 1.165) is 31.6 Å². The fourth-order valence-corrected chi connectivity index (χ4v) is 6.29. The van der Waals surface area contributed by atoms with Gasteiger partial charge in [-0.1, -0.05) is 6.58 Å². The van der Waals surface area contributed by atoms with Gasteiger partial charge in [-0.2, -0.15) is 9.29 Å². The van der Waals surface area contributed by atoms with Crippen LogP contribution in [-0.4, -0.2) is 64.5 Å². The van der Waals surface area contributed by atoms with Crippen molar-refractivity contribution in [3.8, 4) is 0 Å². The van der Waals surface area contributed by atoms with Gasteiger partial charge in [-0.05, 0) is 76.3 Å². The Morgan fingerprint density at radius 1 is 1.26 bits per heavy atom. The van der Waals surface area contributed by atoms with Crippen molar-refractivity contribution in [3.05, 3.63) is 77.7 Å². The normalized spacial score (nSPS) is 16.1. The predicted octanol–water partition coefficient (Wildman–Crippen LogP) is 5.09. The minimum atomic E-state index is -3.76. The molecule has 1 aliphatic rings. The predicted molar refractivity (Wildman–Crippen MR) is 149 cm³/mol. The van der Waals surface area contributed by atoms with Crippen LogP contribution in [0.1, 0.15) is 25.5 Å². The van der Waals surface area contributed by atoms with Gasteiger partial charge >= 0.3 is 0 Å². The lowest BCUT2D eigenvalue weighted by Crippen LogP contribution is -2.46. The topological polar surface area (TPSA) is 104 Å². The molecule has 0 spiro atoms. The van der Waals surface area contributed by atoms with E-state index in [2.05, 4.69) is 36.7 Å². The second kappa shape index (κ2) is 12.5. The third-order valence-electron chi connectivity index (χ3n) is 6.05. The molecule has 2 aromatic heterocycles. The number of aromatic nitrogens is 3. The van der Waals surface area contributed by atoms with Crippen LogP contribution in [0.5, 0.6) is 0 Å². The molecule has 12 heteroatoms. The number of allylic oxidation sites excluding steroid dienone is 3. The van der Waals surface area contributed by atoms with Crippen molar-refractivity contribution in [3.63, 3.8) is 0 Å². The van der Waals surface area contributed by atoms with Crippen molar-refractivity contribution in [2.75, 3.05) is 25.5 Å². The molecule has 0 saturated carbocycles. The monoisotopic (exact) mass is 555 g/mol. The van der Waals surface area contributed by atoms with Crippen LogP contribution >= 0.6 is 11.3 Å². The summed E-state index contributed by atoms with van der Waals surface area (Å²) in [6.07, 6.45) is 5.75. The van der Waals surface area contributed by atoms with E-state index in [1.54, 1.807) is 40.1 Å². The van der Waals surface area contributed by atoms with Gasteiger partial charge in [-0.3, -0.25) is 0 Å². The Morgan fingerprint density at radius 2 is 2.00 bits per heavy atom. The summed E-state index contributed by atoms with van der Waals surface area (Å²) >= 11 is 1.45. The first-order valence-corrected chi connectivity index (χ1v) is 14.5. The van der Waals surface area contributed by atoms with Gasteiger partial charge in [0.25, 0.3) is 0 Å².